The van der Waals surface area contributed by atoms with Gasteiger partial charge in [0.25, 0.3) is 5.91 Å². The maximum absolute atomic E-state index is 13.2. The number of hydrogen-bond acceptors (Lipinski definition) is 8. The molecule has 0 saturated carbocycles. The quantitative estimate of drug-likeness (QED) is 0.439. The summed E-state index contributed by atoms with van der Waals surface area (Å²) >= 11 is 0. The molecule has 3 N–H and O–H groups in total. The number of methoxy groups -OCH3 is 1. The summed E-state index contributed by atoms with van der Waals surface area (Å²) in [6, 6.07) is 5.65. The number of nitrogens with one attached hydrogen (secondary N) is 1. The van der Waals surface area contributed by atoms with E-state index in [4.69, 9.17) is 4.74 Å². The number of amides is 1. The minimum atomic E-state index is -0.290. The van der Waals surface area contributed by atoms with Crippen LogP contribution in [0, 0.1) is 0 Å². The van der Waals surface area contributed by atoms with Gasteiger partial charge in [-0.25, -0.2) is 9.50 Å². The Hall–Kier alpha value is -3.21. The van der Waals surface area contributed by atoms with Crippen molar-refractivity contribution in [3.63, 3.8) is 0 Å². The summed E-state index contributed by atoms with van der Waals surface area (Å²) in [7, 11) is 1.63. The average molecular weight is 455 g/mol. The Morgan fingerprint density at radius 1 is 1.18 bits per heavy atom. The molecule has 3 aromatic rings. The number of β-amino-alcohol motifs (C(OH)–C–C–N with tert-alkyl or cyclic N) is 1. The first-order valence-corrected chi connectivity index (χ1v) is 11.1. The van der Waals surface area contributed by atoms with Crippen molar-refractivity contribution in [2.24, 2.45) is 0 Å². The molecule has 1 amide bonds. The Labute approximate surface area is 192 Å². The largest absolute Gasteiger partial charge is 0.496 e. The highest BCUT2D eigenvalue weighted by Gasteiger charge is 2.23. The van der Waals surface area contributed by atoms with Gasteiger partial charge in [0.15, 0.2) is 5.65 Å². The highest BCUT2D eigenvalue weighted by molar-refractivity contribution is 6.09. The van der Waals surface area contributed by atoms with Gasteiger partial charge in [0.2, 0.25) is 0 Å². The molecule has 10 nitrogen and oxygen atoms in total. The fourth-order valence-electron chi connectivity index (χ4n) is 4.16. The Kier molecular flexibility index (Phi) is 7.38. The smallest absolute Gasteiger partial charge is 0.261 e. The predicted octanol–water partition coefficient (Wildman–Crippen LogP) is 1.03. The van der Waals surface area contributed by atoms with Crippen LogP contribution in [0.2, 0.25) is 0 Å². The first kappa shape index (κ1) is 23.0. The van der Waals surface area contributed by atoms with Gasteiger partial charge in [-0.05, 0) is 30.5 Å². The number of ether oxygens (including phenoxy) is 1. The van der Waals surface area contributed by atoms with Crippen LogP contribution in [0.4, 0.5) is 11.4 Å². The molecule has 10 heteroatoms. The van der Waals surface area contributed by atoms with E-state index in [2.05, 4.69) is 25.2 Å². The monoisotopic (exact) mass is 454 g/mol. The first-order chi connectivity index (χ1) is 16.1. The number of hydrogen-bond donors (Lipinski definition) is 3. The zero-order valence-corrected chi connectivity index (χ0v) is 18.8. The number of aliphatic hydroxyl groups excluding tert-OH is 2. The minimum absolute atomic E-state index is 0.0769. The van der Waals surface area contributed by atoms with Gasteiger partial charge in [0.1, 0.15) is 11.3 Å². The fraction of sp³-hybridized carbons (Fsp3) is 0.435. The van der Waals surface area contributed by atoms with Gasteiger partial charge in [-0.1, -0.05) is 0 Å². The Morgan fingerprint density at radius 2 is 2.00 bits per heavy atom. The van der Waals surface area contributed by atoms with Crippen molar-refractivity contribution < 1.29 is 19.7 Å². The third-order valence-electron chi connectivity index (χ3n) is 5.90. The number of aryl methyl sites for hydroxylation is 1. The molecule has 2 aromatic heterocycles. The second-order valence-electron chi connectivity index (χ2n) is 7.96. The molecule has 1 fully saturated rings. The van der Waals surface area contributed by atoms with E-state index in [0.717, 1.165) is 43.2 Å². The lowest BCUT2D eigenvalue weighted by molar-refractivity contribution is 0.102. The molecule has 1 aromatic carbocycles. The van der Waals surface area contributed by atoms with Crippen LogP contribution >= 0.6 is 0 Å². The van der Waals surface area contributed by atoms with Crippen molar-refractivity contribution in [3.8, 4) is 5.75 Å². The summed E-state index contributed by atoms with van der Waals surface area (Å²) in [5, 5.41) is 25.8. The van der Waals surface area contributed by atoms with Crippen LogP contribution < -0.4 is 15.0 Å². The fourth-order valence-corrected chi connectivity index (χ4v) is 4.16. The number of aliphatic hydroxyl groups is 2. The zero-order valence-electron chi connectivity index (χ0n) is 18.8. The molecule has 0 spiro atoms. The number of anilines is 2. The van der Waals surface area contributed by atoms with E-state index in [1.165, 1.54) is 6.20 Å². The second kappa shape index (κ2) is 10.6. The Balaban J connectivity index is 1.65. The van der Waals surface area contributed by atoms with Crippen molar-refractivity contribution in [1.82, 2.24) is 19.5 Å². The number of carbonyl (C=O) groups excluding carboxylic acids is 1. The highest BCUT2D eigenvalue weighted by atomic mass is 16.5. The number of carbonyl (C=O) groups is 1. The molecule has 33 heavy (non-hydrogen) atoms. The van der Waals surface area contributed by atoms with Crippen molar-refractivity contribution in [2.45, 2.75) is 12.8 Å². The van der Waals surface area contributed by atoms with E-state index in [0.29, 0.717) is 36.3 Å². The standard InChI is InChI=1S/C23H30N6O4/c1-33-21-15-20(28-9-7-27(8-10-28)11-13-31)19(14-17(21)4-2-12-30)26-23(32)18-16-25-29-6-3-5-24-22(18)29/h3,5-6,14-16,30-31H,2,4,7-13H2,1H3,(H,26,32). The van der Waals surface area contributed by atoms with Crippen molar-refractivity contribution in [1.29, 1.82) is 0 Å². The van der Waals surface area contributed by atoms with Crippen LogP contribution in [-0.2, 0) is 6.42 Å². The molecule has 1 saturated heterocycles. The van der Waals surface area contributed by atoms with Gasteiger partial charge >= 0.3 is 0 Å². The van der Waals surface area contributed by atoms with E-state index in [-0.39, 0.29) is 19.1 Å². The van der Waals surface area contributed by atoms with Crippen LogP contribution in [0.3, 0.4) is 0 Å². The van der Waals surface area contributed by atoms with E-state index in [1.54, 1.807) is 30.1 Å². The number of aromatic nitrogens is 3. The Bertz CT molecular complexity index is 1090. The number of benzene rings is 1. The number of fused-ring (bicyclic) bond motifs is 1. The van der Waals surface area contributed by atoms with Crippen LogP contribution in [0.25, 0.3) is 5.65 Å². The van der Waals surface area contributed by atoms with E-state index >= 15 is 0 Å². The zero-order chi connectivity index (χ0) is 23.2. The number of piperazine rings is 1. The summed E-state index contributed by atoms with van der Waals surface area (Å²) in [4.78, 5) is 21.9. The average Bonchev–Trinajstić information content (AvgIpc) is 3.28. The summed E-state index contributed by atoms with van der Waals surface area (Å²) < 4.78 is 7.20. The second-order valence-corrected chi connectivity index (χ2v) is 7.96. The molecule has 0 bridgehead atoms. The molecule has 1 aliphatic rings. The molecule has 0 atom stereocenters. The third kappa shape index (κ3) is 5.08. The van der Waals surface area contributed by atoms with Crippen LogP contribution in [-0.4, -0.2) is 88.7 Å². The summed E-state index contributed by atoms with van der Waals surface area (Å²) in [6.07, 6.45) is 6.12. The molecule has 0 unspecified atom stereocenters. The Morgan fingerprint density at radius 3 is 2.73 bits per heavy atom. The molecular weight excluding hydrogens is 424 g/mol. The SMILES string of the molecule is COc1cc(N2CCN(CCO)CC2)c(NC(=O)c2cnn3cccnc23)cc1CCCO. The van der Waals surface area contributed by atoms with Gasteiger partial charge in [0.05, 0.1) is 31.3 Å². The van der Waals surface area contributed by atoms with Crippen molar-refractivity contribution >= 4 is 22.9 Å². The third-order valence-corrected chi connectivity index (χ3v) is 5.90. The maximum Gasteiger partial charge on any atom is 0.261 e. The summed E-state index contributed by atoms with van der Waals surface area (Å²) in [5.74, 6) is 0.439. The molecule has 176 valence electrons. The van der Waals surface area contributed by atoms with E-state index in [1.807, 2.05) is 12.1 Å². The topological polar surface area (TPSA) is 115 Å². The highest BCUT2D eigenvalue weighted by Crippen LogP contribution is 2.35. The van der Waals surface area contributed by atoms with Gasteiger partial charge in [-0.15, -0.1) is 0 Å². The van der Waals surface area contributed by atoms with Crippen molar-refractivity contribution in [3.05, 3.63) is 47.9 Å². The van der Waals surface area contributed by atoms with Crippen molar-refractivity contribution in [2.75, 3.05) is 63.3 Å². The minimum Gasteiger partial charge on any atom is -0.496 e. The van der Waals surface area contributed by atoms with Crippen LogP contribution in [0.1, 0.15) is 22.3 Å². The van der Waals surface area contributed by atoms with Crippen LogP contribution in [0.15, 0.2) is 36.8 Å². The lowest BCUT2D eigenvalue weighted by atomic mass is 10.0. The summed E-state index contributed by atoms with van der Waals surface area (Å²) in [6.45, 7) is 4.04. The maximum atomic E-state index is 13.2. The van der Waals surface area contributed by atoms with E-state index in [9.17, 15) is 15.0 Å². The summed E-state index contributed by atoms with van der Waals surface area (Å²) in [5.41, 5.74) is 3.35. The lowest BCUT2D eigenvalue weighted by Crippen LogP contribution is -2.47. The number of rotatable bonds is 9. The molecule has 4 rings (SSSR count). The molecule has 0 radical (unpaired) electrons. The van der Waals surface area contributed by atoms with Gasteiger partial charge in [-0.3, -0.25) is 9.69 Å². The van der Waals surface area contributed by atoms with E-state index < -0.39 is 0 Å². The normalized spacial score (nSPS) is 14.6. The number of nitrogens with zero attached hydrogens (tertiary/aromatic N) is 5. The van der Waals surface area contributed by atoms with Gasteiger partial charge in [-0.2, -0.15) is 5.10 Å². The first-order valence-electron chi connectivity index (χ1n) is 11.1. The molecule has 3 heterocycles. The molecule has 0 aliphatic carbocycles. The van der Waals surface area contributed by atoms with Gasteiger partial charge in [0, 0.05) is 57.8 Å². The molecular formula is C23H30N6O4. The predicted molar refractivity (Wildman–Crippen MR) is 125 cm³/mol. The van der Waals surface area contributed by atoms with Crippen LogP contribution in [0.5, 0.6) is 5.75 Å². The molecule has 1 aliphatic heterocycles. The van der Waals surface area contributed by atoms with Gasteiger partial charge < -0.3 is 25.2 Å². The lowest BCUT2D eigenvalue weighted by Gasteiger charge is -2.37.